The van der Waals surface area contributed by atoms with Crippen LogP contribution in [0.4, 0.5) is 0 Å². The standard InChI is InChI=1S/C18H22N2/c19-11-13-2-1-3-14(4-13)12-20-18-8-15-5-16(9-18)7-17(6-15)10-18/h1-4,15-17,20H,5-10,12H2. The summed E-state index contributed by atoms with van der Waals surface area (Å²) >= 11 is 0. The molecule has 0 aliphatic heterocycles. The van der Waals surface area contributed by atoms with Crippen molar-refractivity contribution in [3.8, 4) is 6.07 Å². The van der Waals surface area contributed by atoms with Crippen molar-refractivity contribution in [2.75, 3.05) is 0 Å². The van der Waals surface area contributed by atoms with Crippen molar-refractivity contribution in [1.82, 2.24) is 5.32 Å². The van der Waals surface area contributed by atoms with Gasteiger partial charge in [0.2, 0.25) is 0 Å². The summed E-state index contributed by atoms with van der Waals surface area (Å²) in [5, 5.41) is 12.9. The van der Waals surface area contributed by atoms with Gasteiger partial charge in [-0.3, -0.25) is 0 Å². The summed E-state index contributed by atoms with van der Waals surface area (Å²) in [5.74, 6) is 2.96. The number of nitrogens with zero attached hydrogens (tertiary/aromatic N) is 1. The number of nitriles is 1. The Balaban J connectivity index is 1.48. The second-order valence-electron chi connectivity index (χ2n) is 7.36. The Hall–Kier alpha value is -1.33. The molecule has 0 radical (unpaired) electrons. The van der Waals surface area contributed by atoms with E-state index in [9.17, 15) is 0 Å². The highest BCUT2D eigenvalue weighted by Crippen LogP contribution is 2.55. The van der Waals surface area contributed by atoms with Crippen LogP contribution in [0.3, 0.4) is 0 Å². The molecule has 4 aliphatic rings. The predicted octanol–water partition coefficient (Wildman–Crippen LogP) is 3.62. The molecule has 4 fully saturated rings. The molecular weight excluding hydrogens is 244 g/mol. The van der Waals surface area contributed by atoms with Crippen LogP contribution in [0.1, 0.15) is 49.7 Å². The maximum absolute atomic E-state index is 8.99. The smallest absolute Gasteiger partial charge is 0.0991 e. The maximum atomic E-state index is 8.99. The summed E-state index contributed by atoms with van der Waals surface area (Å²) in [6.07, 6.45) is 8.63. The van der Waals surface area contributed by atoms with E-state index in [1.54, 1.807) is 0 Å². The van der Waals surface area contributed by atoms with Gasteiger partial charge >= 0.3 is 0 Å². The highest BCUT2D eigenvalue weighted by molar-refractivity contribution is 5.32. The second-order valence-corrected chi connectivity index (χ2v) is 7.36. The Kier molecular flexibility index (Phi) is 2.86. The SMILES string of the molecule is N#Cc1cccc(CNC23CC4CC(CC(C4)C2)C3)c1. The molecule has 0 saturated heterocycles. The van der Waals surface area contributed by atoms with Crippen LogP contribution in [0.25, 0.3) is 0 Å². The van der Waals surface area contributed by atoms with Crippen molar-refractivity contribution in [2.45, 2.75) is 50.6 Å². The van der Waals surface area contributed by atoms with Gasteiger partial charge in [0.1, 0.15) is 0 Å². The van der Waals surface area contributed by atoms with E-state index in [0.29, 0.717) is 5.54 Å². The van der Waals surface area contributed by atoms with Gasteiger partial charge in [-0.2, -0.15) is 5.26 Å². The number of benzene rings is 1. The number of hydrogen-bond donors (Lipinski definition) is 1. The third kappa shape index (κ3) is 2.15. The molecule has 0 amide bonds. The summed E-state index contributed by atoms with van der Waals surface area (Å²) in [6.45, 7) is 0.918. The molecule has 1 aromatic carbocycles. The lowest BCUT2D eigenvalue weighted by atomic mass is 9.53. The fourth-order valence-electron chi connectivity index (χ4n) is 5.37. The third-order valence-corrected chi connectivity index (χ3v) is 5.76. The summed E-state index contributed by atoms with van der Waals surface area (Å²) in [5.41, 5.74) is 2.44. The van der Waals surface area contributed by atoms with E-state index in [1.807, 2.05) is 18.2 Å². The van der Waals surface area contributed by atoms with Crippen LogP contribution in [0.2, 0.25) is 0 Å². The molecule has 0 heterocycles. The minimum Gasteiger partial charge on any atom is -0.307 e. The molecule has 5 rings (SSSR count). The van der Waals surface area contributed by atoms with Crippen LogP contribution in [-0.2, 0) is 6.54 Å². The lowest BCUT2D eigenvalue weighted by molar-refractivity contribution is -0.0206. The Labute approximate surface area is 121 Å². The van der Waals surface area contributed by atoms with Gasteiger partial charge in [-0.05, 0) is 74.0 Å². The highest BCUT2D eigenvalue weighted by atomic mass is 15.0. The Morgan fingerprint density at radius 2 is 1.75 bits per heavy atom. The van der Waals surface area contributed by atoms with Crippen LogP contribution in [0.5, 0.6) is 0 Å². The molecule has 2 heteroatoms. The van der Waals surface area contributed by atoms with Crippen molar-refractivity contribution in [3.05, 3.63) is 35.4 Å². The topological polar surface area (TPSA) is 35.8 Å². The van der Waals surface area contributed by atoms with Crippen molar-refractivity contribution >= 4 is 0 Å². The number of rotatable bonds is 3. The van der Waals surface area contributed by atoms with Gasteiger partial charge < -0.3 is 5.32 Å². The third-order valence-electron chi connectivity index (χ3n) is 5.76. The van der Waals surface area contributed by atoms with Gasteiger partial charge in [-0.15, -0.1) is 0 Å². The minimum absolute atomic E-state index is 0.414. The fraction of sp³-hybridized carbons (Fsp3) is 0.611. The zero-order valence-corrected chi connectivity index (χ0v) is 11.9. The Morgan fingerprint density at radius 1 is 1.10 bits per heavy atom. The van der Waals surface area contributed by atoms with Gasteiger partial charge in [0.05, 0.1) is 11.6 Å². The van der Waals surface area contributed by atoms with E-state index >= 15 is 0 Å². The predicted molar refractivity (Wildman–Crippen MR) is 78.9 cm³/mol. The highest BCUT2D eigenvalue weighted by Gasteiger charge is 2.50. The molecule has 4 bridgehead atoms. The van der Waals surface area contributed by atoms with E-state index in [0.717, 1.165) is 29.9 Å². The monoisotopic (exact) mass is 266 g/mol. The van der Waals surface area contributed by atoms with Crippen LogP contribution >= 0.6 is 0 Å². The van der Waals surface area contributed by atoms with Crippen LogP contribution in [-0.4, -0.2) is 5.54 Å². The average Bonchev–Trinajstić information content (AvgIpc) is 2.44. The second kappa shape index (κ2) is 4.60. The Morgan fingerprint density at radius 3 is 2.35 bits per heavy atom. The number of nitrogens with one attached hydrogen (secondary N) is 1. The molecule has 4 saturated carbocycles. The van der Waals surface area contributed by atoms with Gasteiger partial charge in [0.25, 0.3) is 0 Å². The molecule has 104 valence electrons. The minimum atomic E-state index is 0.414. The van der Waals surface area contributed by atoms with Crippen LogP contribution < -0.4 is 5.32 Å². The zero-order chi connectivity index (χ0) is 13.6. The molecule has 2 nitrogen and oxygen atoms in total. The normalized spacial score (nSPS) is 37.9. The summed E-state index contributed by atoms with van der Waals surface area (Å²) in [4.78, 5) is 0. The molecule has 1 N–H and O–H groups in total. The Bertz CT molecular complexity index is 519. The van der Waals surface area contributed by atoms with Crippen molar-refractivity contribution in [1.29, 1.82) is 5.26 Å². The van der Waals surface area contributed by atoms with Crippen LogP contribution in [0, 0.1) is 29.1 Å². The van der Waals surface area contributed by atoms with E-state index in [2.05, 4.69) is 17.5 Å². The zero-order valence-electron chi connectivity index (χ0n) is 11.9. The van der Waals surface area contributed by atoms with E-state index < -0.39 is 0 Å². The first-order valence-electron chi connectivity index (χ1n) is 7.99. The lowest BCUT2D eigenvalue weighted by Crippen LogP contribution is -2.58. The first kappa shape index (κ1) is 12.4. The molecule has 0 unspecified atom stereocenters. The van der Waals surface area contributed by atoms with Crippen LogP contribution in [0.15, 0.2) is 24.3 Å². The van der Waals surface area contributed by atoms with E-state index in [1.165, 1.54) is 44.1 Å². The maximum Gasteiger partial charge on any atom is 0.0991 e. The summed E-state index contributed by atoms with van der Waals surface area (Å²) < 4.78 is 0. The first-order valence-corrected chi connectivity index (χ1v) is 7.99. The lowest BCUT2D eigenvalue weighted by Gasteiger charge is -2.57. The molecule has 0 aromatic heterocycles. The molecule has 0 atom stereocenters. The number of hydrogen-bond acceptors (Lipinski definition) is 2. The largest absolute Gasteiger partial charge is 0.307 e. The molecular formula is C18H22N2. The summed E-state index contributed by atoms with van der Waals surface area (Å²) in [7, 11) is 0. The fourth-order valence-corrected chi connectivity index (χ4v) is 5.37. The first-order chi connectivity index (χ1) is 9.75. The average molecular weight is 266 g/mol. The van der Waals surface area contributed by atoms with E-state index in [-0.39, 0.29) is 0 Å². The van der Waals surface area contributed by atoms with Gasteiger partial charge in [-0.25, -0.2) is 0 Å². The van der Waals surface area contributed by atoms with Gasteiger partial charge in [0.15, 0.2) is 0 Å². The quantitative estimate of drug-likeness (QED) is 0.907. The van der Waals surface area contributed by atoms with Crippen molar-refractivity contribution < 1.29 is 0 Å². The molecule has 20 heavy (non-hydrogen) atoms. The van der Waals surface area contributed by atoms with Gasteiger partial charge in [-0.1, -0.05) is 12.1 Å². The summed E-state index contributed by atoms with van der Waals surface area (Å²) in [6, 6.07) is 10.3. The van der Waals surface area contributed by atoms with E-state index in [4.69, 9.17) is 5.26 Å². The van der Waals surface area contributed by atoms with Crippen molar-refractivity contribution in [2.24, 2.45) is 17.8 Å². The molecule has 0 spiro atoms. The molecule has 1 aromatic rings. The van der Waals surface area contributed by atoms with Gasteiger partial charge in [0, 0.05) is 12.1 Å². The van der Waals surface area contributed by atoms with Crippen molar-refractivity contribution in [3.63, 3.8) is 0 Å². The molecule has 4 aliphatic carbocycles.